The van der Waals surface area contributed by atoms with Gasteiger partial charge in [0.05, 0.1) is 4.90 Å². The van der Waals surface area contributed by atoms with Gasteiger partial charge in [0.15, 0.2) is 0 Å². The molecule has 1 aliphatic heterocycles. The Bertz CT molecular complexity index is 805. The minimum Gasteiger partial charge on any atom is -0.314 e. The lowest BCUT2D eigenvalue weighted by Crippen LogP contribution is -2.45. The molecule has 1 aromatic carbocycles. The van der Waals surface area contributed by atoms with Crippen molar-refractivity contribution in [2.75, 3.05) is 26.2 Å². The lowest BCUT2D eigenvalue weighted by atomic mass is 9.86. The zero-order chi connectivity index (χ0) is 17.3. The molecule has 1 fully saturated rings. The summed E-state index contributed by atoms with van der Waals surface area (Å²) in [6.07, 6.45) is 10.4. The van der Waals surface area contributed by atoms with Gasteiger partial charge in [-0.2, -0.15) is 0 Å². The summed E-state index contributed by atoms with van der Waals surface area (Å²) >= 11 is 0. The van der Waals surface area contributed by atoms with Crippen molar-refractivity contribution in [3.05, 3.63) is 52.5 Å². The molecule has 2 aliphatic carbocycles. The van der Waals surface area contributed by atoms with E-state index >= 15 is 0 Å². The highest BCUT2D eigenvalue weighted by Gasteiger charge is 2.29. The van der Waals surface area contributed by atoms with E-state index < -0.39 is 9.84 Å². The third-order valence-electron chi connectivity index (χ3n) is 5.62. The number of allylic oxidation sites excluding steroid dienone is 4. The second kappa shape index (κ2) is 7.06. The maximum absolute atomic E-state index is 13.0. The maximum atomic E-state index is 13.0. The molecular formula is C20H26N2O2S. The van der Waals surface area contributed by atoms with E-state index in [1.165, 1.54) is 17.5 Å². The van der Waals surface area contributed by atoms with Crippen molar-refractivity contribution in [1.82, 2.24) is 10.2 Å². The smallest absolute Gasteiger partial charge is 0.202 e. The molecule has 0 aromatic heterocycles. The summed E-state index contributed by atoms with van der Waals surface area (Å²) < 4.78 is 26.1. The van der Waals surface area contributed by atoms with Crippen molar-refractivity contribution in [2.24, 2.45) is 0 Å². The second-order valence-electron chi connectivity index (χ2n) is 7.16. The summed E-state index contributed by atoms with van der Waals surface area (Å²) in [6, 6.07) is 6.19. The van der Waals surface area contributed by atoms with E-state index in [9.17, 15) is 8.42 Å². The largest absolute Gasteiger partial charge is 0.314 e. The fraction of sp³-hybridized carbons (Fsp3) is 0.500. The lowest BCUT2D eigenvalue weighted by Gasteiger charge is -2.38. The summed E-state index contributed by atoms with van der Waals surface area (Å²) in [5, 5.41) is 3.40. The van der Waals surface area contributed by atoms with Gasteiger partial charge in [-0.05, 0) is 61.4 Å². The molecule has 4 rings (SSSR count). The van der Waals surface area contributed by atoms with Crippen LogP contribution in [-0.2, 0) is 16.3 Å². The molecule has 1 N–H and O–H groups in total. The quantitative estimate of drug-likeness (QED) is 0.902. The van der Waals surface area contributed by atoms with Crippen LogP contribution < -0.4 is 5.32 Å². The van der Waals surface area contributed by atoms with Crippen molar-refractivity contribution in [3.8, 4) is 0 Å². The Kier molecular flexibility index (Phi) is 4.80. The van der Waals surface area contributed by atoms with Gasteiger partial charge < -0.3 is 5.32 Å². The van der Waals surface area contributed by atoms with Gasteiger partial charge in [-0.1, -0.05) is 18.2 Å². The number of piperazine rings is 1. The Morgan fingerprint density at radius 3 is 2.72 bits per heavy atom. The molecular weight excluding hydrogens is 332 g/mol. The standard InChI is InChI=1S/C20H26N2O2S/c23-25(24,17-6-2-1-3-7-17)18-10-9-16-5-4-8-20(19(16)15-18)22-13-11-21-12-14-22/h1-2,6,9-10,15,20-21H,3-5,7-8,11-14H2. The molecule has 1 aromatic rings. The summed E-state index contributed by atoms with van der Waals surface area (Å²) in [7, 11) is -3.37. The van der Waals surface area contributed by atoms with E-state index in [0.717, 1.165) is 45.4 Å². The average molecular weight is 359 g/mol. The Morgan fingerprint density at radius 2 is 1.96 bits per heavy atom. The van der Waals surface area contributed by atoms with Crippen molar-refractivity contribution in [1.29, 1.82) is 0 Å². The normalized spacial score (nSPS) is 24.6. The van der Waals surface area contributed by atoms with Crippen LogP contribution in [0.25, 0.3) is 0 Å². The highest BCUT2D eigenvalue weighted by Crippen LogP contribution is 2.37. The average Bonchev–Trinajstić information content (AvgIpc) is 2.68. The summed E-state index contributed by atoms with van der Waals surface area (Å²) in [6.45, 7) is 4.11. The van der Waals surface area contributed by atoms with E-state index in [-0.39, 0.29) is 0 Å². The number of hydrogen-bond acceptors (Lipinski definition) is 4. The van der Waals surface area contributed by atoms with Crippen LogP contribution in [-0.4, -0.2) is 39.5 Å². The van der Waals surface area contributed by atoms with Crippen LogP contribution in [0.4, 0.5) is 0 Å². The first-order valence-corrected chi connectivity index (χ1v) is 10.8. The number of nitrogens with one attached hydrogen (secondary N) is 1. The number of nitrogens with zero attached hydrogens (tertiary/aromatic N) is 1. The van der Waals surface area contributed by atoms with Gasteiger partial charge in [-0.25, -0.2) is 8.42 Å². The van der Waals surface area contributed by atoms with Gasteiger partial charge >= 0.3 is 0 Å². The molecule has 0 bridgehead atoms. The highest BCUT2D eigenvalue weighted by molar-refractivity contribution is 7.95. The van der Waals surface area contributed by atoms with Gasteiger partial charge in [0.1, 0.15) is 0 Å². The zero-order valence-corrected chi connectivity index (χ0v) is 15.4. The molecule has 5 heteroatoms. The van der Waals surface area contributed by atoms with Crippen molar-refractivity contribution < 1.29 is 8.42 Å². The third kappa shape index (κ3) is 3.33. The van der Waals surface area contributed by atoms with Crippen molar-refractivity contribution >= 4 is 9.84 Å². The van der Waals surface area contributed by atoms with Crippen LogP contribution in [0.15, 0.2) is 46.2 Å². The first kappa shape index (κ1) is 17.0. The SMILES string of the molecule is O=S(=O)(C1=CC=CCC1)c1ccc2c(c1)C(N1CCNCC1)CCC2. The monoisotopic (exact) mass is 358 g/mol. The van der Waals surface area contributed by atoms with Crippen LogP contribution in [0.5, 0.6) is 0 Å². The molecule has 0 saturated carbocycles. The predicted molar refractivity (Wildman–Crippen MR) is 100 cm³/mol. The summed E-state index contributed by atoms with van der Waals surface area (Å²) in [5.41, 5.74) is 2.56. The van der Waals surface area contributed by atoms with Crippen molar-refractivity contribution in [2.45, 2.75) is 43.0 Å². The summed E-state index contributed by atoms with van der Waals surface area (Å²) in [4.78, 5) is 3.53. The van der Waals surface area contributed by atoms with Crippen LogP contribution >= 0.6 is 0 Å². The fourth-order valence-corrected chi connectivity index (χ4v) is 5.72. The van der Waals surface area contributed by atoms with Crippen LogP contribution in [0.2, 0.25) is 0 Å². The number of sulfone groups is 1. The van der Waals surface area contributed by atoms with E-state index in [2.05, 4.69) is 16.3 Å². The topological polar surface area (TPSA) is 49.4 Å². The zero-order valence-electron chi connectivity index (χ0n) is 14.6. The molecule has 3 aliphatic rings. The minimum atomic E-state index is -3.37. The number of benzene rings is 1. The number of fused-ring (bicyclic) bond motifs is 1. The molecule has 1 saturated heterocycles. The third-order valence-corrected chi connectivity index (χ3v) is 7.53. The van der Waals surface area contributed by atoms with Gasteiger partial charge in [0, 0.05) is 37.1 Å². The Morgan fingerprint density at radius 1 is 1.12 bits per heavy atom. The van der Waals surface area contributed by atoms with Crippen LogP contribution in [0.3, 0.4) is 0 Å². The fourth-order valence-electron chi connectivity index (χ4n) is 4.25. The molecule has 0 radical (unpaired) electrons. The van der Waals surface area contributed by atoms with Gasteiger partial charge in [-0.15, -0.1) is 0 Å². The first-order chi connectivity index (χ1) is 12.2. The molecule has 1 atom stereocenters. The van der Waals surface area contributed by atoms with Crippen LogP contribution in [0, 0.1) is 0 Å². The second-order valence-corrected chi connectivity index (χ2v) is 9.16. The van der Waals surface area contributed by atoms with Gasteiger partial charge in [0.2, 0.25) is 9.84 Å². The molecule has 1 heterocycles. The number of hydrogen-bond donors (Lipinski definition) is 1. The van der Waals surface area contributed by atoms with Gasteiger partial charge in [0.25, 0.3) is 0 Å². The molecule has 0 amide bonds. The number of rotatable bonds is 3. The Balaban J connectivity index is 1.70. The van der Waals surface area contributed by atoms with Crippen molar-refractivity contribution in [3.63, 3.8) is 0 Å². The predicted octanol–water partition coefficient (Wildman–Crippen LogP) is 2.98. The Hall–Kier alpha value is -1.43. The molecule has 134 valence electrons. The molecule has 4 nitrogen and oxygen atoms in total. The van der Waals surface area contributed by atoms with E-state index in [1.807, 2.05) is 24.3 Å². The minimum absolute atomic E-state index is 0.362. The van der Waals surface area contributed by atoms with Crippen LogP contribution in [0.1, 0.15) is 42.9 Å². The number of aryl methyl sites for hydroxylation is 1. The molecule has 0 spiro atoms. The van der Waals surface area contributed by atoms with Gasteiger partial charge in [-0.3, -0.25) is 4.90 Å². The highest BCUT2D eigenvalue weighted by atomic mass is 32.2. The first-order valence-electron chi connectivity index (χ1n) is 9.34. The van der Waals surface area contributed by atoms with E-state index in [0.29, 0.717) is 22.3 Å². The van der Waals surface area contributed by atoms with E-state index in [1.54, 1.807) is 6.08 Å². The lowest BCUT2D eigenvalue weighted by molar-refractivity contribution is 0.158. The Labute approximate surface area is 150 Å². The molecule has 1 unspecified atom stereocenters. The van der Waals surface area contributed by atoms with E-state index in [4.69, 9.17) is 0 Å². The molecule has 25 heavy (non-hydrogen) atoms. The summed E-state index contributed by atoms with van der Waals surface area (Å²) in [5.74, 6) is 0. The maximum Gasteiger partial charge on any atom is 0.202 e.